The van der Waals surface area contributed by atoms with Gasteiger partial charge in [-0.15, -0.1) is 0 Å². The van der Waals surface area contributed by atoms with E-state index < -0.39 is 0 Å². The second kappa shape index (κ2) is 13.1. The van der Waals surface area contributed by atoms with Gasteiger partial charge in [-0.1, -0.05) is 63.6 Å². The summed E-state index contributed by atoms with van der Waals surface area (Å²) in [6, 6.07) is 4.09. The molecule has 7 heteroatoms. The van der Waals surface area contributed by atoms with Gasteiger partial charge in [0.2, 0.25) is 0 Å². The van der Waals surface area contributed by atoms with E-state index in [4.69, 9.17) is 0 Å². The number of rotatable bonds is 2. The Morgan fingerprint density at radius 3 is 2.62 bits per heavy atom. The standard InChI is InChI=1S/C30H40N4O2S/c1-4-7-22-10-12-26-24(11-8-20(22)2)29(35)33-16-6-5-15-31-28-18-23(14-17-32-28)27-13-9-21(3)25(19-37-27)30(36)34-26/h11-14,17-22H,4-10,15-16H2,1-3H3,(H,31,32)(H,33,35)(H,34,36). The van der Waals surface area contributed by atoms with Gasteiger partial charge in [0.1, 0.15) is 5.82 Å². The lowest BCUT2D eigenvalue weighted by Crippen LogP contribution is -2.34. The zero-order valence-corrected chi connectivity index (χ0v) is 23.1. The van der Waals surface area contributed by atoms with Crippen molar-refractivity contribution in [2.45, 2.75) is 65.7 Å². The number of hydrogen-bond acceptors (Lipinski definition) is 5. The molecule has 2 aliphatic heterocycles. The third-order valence-electron chi connectivity index (χ3n) is 7.57. The Balaban J connectivity index is 1.65. The Bertz CT molecular complexity index is 1120. The number of fused-ring (bicyclic) bond motifs is 6. The summed E-state index contributed by atoms with van der Waals surface area (Å²) in [5.74, 6) is 1.70. The largest absolute Gasteiger partial charge is 0.370 e. The Labute approximate surface area is 225 Å². The number of nitrogens with zero attached hydrogens (tertiary/aromatic N) is 1. The van der Waals surface area contributed by atoms with E-state index >= 15 is 0 Å². The van der Waals surface area contributed by atoms with Gasteiger partial charge in [-0.3, -0.25) is 9.59 Å². The number of anilines is 1. The number of carbonyl (C=O) groups is 2. The van der Waals surface area contributed by atoms with Gasteiger partial charge in [-0.25, -0.2) is 4.98 Å². The topological polar surface area (TPSA) is 83.1 Å². The highest BCUT2D eigenvalue weighted by molar-refractivity contribution is 8.11. The van der Waals surface area contributed by atoms with Crippen LogP contribution in [0.5, 0.6) is 0 Å². The molecule has 198 valence electrons. The molecule has 3 unspecified atom stereocenters. The van der Waals surface area contributed by atoms with E-state index in [0.717, 1.165) is 73.4 Å². The summed E-state index contributed by atoms with van der Waals surface area (Å²) >= 11 is 1.58. The Hall–Kier alpha value is -2.80. The fourth-order valence-electron chi connectivity index (χ4n) is 5.13. The number of hydrogen-bond donors (Lipinski definition) is 3. The van der Waals surface area contributed by atoms with E-state index in [-0.39, 0.29) is 17.7 Å². The molecule has 0 radical (unpaired) electrons. The van der Waals surface area contributed by atoms with Crippen LogP contribution in [-0.2, 0) is 9.59 Å². The van der Waals surface area contributed by atoms with Crippen molar-refractivity contribution in [3.8, 4) is 0 Å². The lowest BCUT2D eigenvalue weighted by Gasteiger charge is -2.26. The summed E-state index contributed by atoms with van der Waals surface area (Å²) < 4.78 is 0. The van der Waals surface area contributed by atoms with Crippen molar-refractivity contribution in [3.05, 3.63) is 64.4 Å². The van der Waals surface area contributed by atoms with Crippen molar-refractivity contribution in [1.29, 1.82) is 0 Å². The Kier molecular flexibility index (Phi) is 9.67. The van der Waals surface area contributed by atoms with Crippen LogP contribution in [0, 0.1) is 17.8 Å². The van der Waals surface area contributed by atoms with Crippen LogP contribution in [-0.4, -0.2) is 29.9 Å². The molecule has 3 aliphatic rings. The van der Waals surface area contributed by atoms with Gasteiger partial charge < -0.3 is 16.0 Å². The van der Waals surface area contributed by atoms with E-state index in [1.165, 1.54) is 0 Å². The van der Waals surface area contributed by atoms with Gasteiger partial charge >= 0.3 is 0 Å². The van der Waals surface area contributed by atoms with Gasteiger partial charge in [-0.2, -0.15) is 0 Å². The lowest BCUT2D eigenvalue weighted by molar-refractivity contribution is -0.117. The van der Waals surface area contributed by atoms with Crippen LogP contribution in [0.4, 0.5) is 5.82 Å². The minimum atomic E-state index is -0.126. The van der Waals surface area contributed by atoms with Gasteiger partial charge in [0.05, 0.1) is 5.57 Å². The molecule has 3 atom stereocenters. The first-order valence-electron chi connectivity index (χ1n) is 13.7. The monoisotopic (exact) mass is 520 g/mol. The minimum Gasteiger partial charge on any atom is -0.370 e. The summed E-state index contributed by atoms with van der Waals surface area (Å²) in [5, 5.41) is 11.6. The molecule has 1 aliphatic carbocycles. The normalized spacial score (nSPS) is 25.6. The third-order valence-corrected chi connectivity index (χ3v) is 8.60. The van der Waals surface area contributed by atoms with E-state index in [0.29, 0.717) is 29.7 Å². The minimum absolute atomic E-state index is 0.0646. The van der Waals surface area contributed by atoms with Crippen LogP contribution in [0.2, 0.25) is 0 Å². The summed E-state index contributed by atoms with van der Waals surface area (Å²) in [6.07, 6.45) is 14.7. The van der Waals surface area contributed by atoms with Gasteiger partial charge in [-0.05, 0) is 73.0 Å². The van der Waals surface area contributed by atoms with Gasteiger partial charge in [0, 0.05) is 35.5 Å². The Morgan fingerprint density at radius 1 is 1.00 bits per heavy atom. The van der Waals surface area contributed by atoms with Gasteiger partial charge in [0.25, 0.3) is 11.8 Å². The maximum Gasteiger partial charge on any atom is 0.253 e. The van der Waals surface area contributed by atoms with Crippen LogP contribution in [0.15, 0.2) is 58.8 Å². The molecule has 4 rings (SSSR count). The van der Waals surface area contributed by atoms with Crippen LogP contribution in [0.3, 0.4) is 0 Å². The number of amides is 2. The number of pyridine rings is 1. The second-order valence-electron chi connectivity index (χ2n) is 10.4. The molecule has 0 fully saturated rings. The number of aromatic nitrogens is 1. The summed E-state index contributed by atoms with van der Waals surface area (Å²) in [7, 11) is 0. The van der Waals surface area contributed by atoms with E-state index in [1.807, 2.05) is 23.7 Å². The molecule has 4 bridgehead atoms. The van der Waals surface area contributed by atoms with E-state index in [1.54, 1.807) is 11.8 Å². The average Bonchev–Trinajstić information content (AvgIpc) is 3.08. The van der Waals surface area contributed by atoms with Crippen LogP contribution in [0.25, 0.3) is 4.91 Å². The van der Waals surface area contributed by atoms with Crippen LogP contribution >= 0.6 is 11.8 Å². The molecule has 3 heterocycles. The zero-order chi connectivity index (χ0) is 26.2. The molecule has 0 saturated heterocycles. The summed E-state index contributed by atoms with van der Waals surface area (Å²) in [6.45, 7) is 7.95. The summed E-state index contributed by atoms with van der Waals surface area (Å²) in [5.41, 5.74) is 3.07. The summed E-state index contributed by atoms with van der Waals surface area (Å²) in [4.78, 5) is 32.5. The van der Waals surface area contributed by atoms with Crippen LogP contribution in [0.1, 0.15) is 71.3 Å². The average molecular weight is 521 g/mol. The smallest absolute Gasteiger partial charge is 0.253 e. The van der Waals surface area contributed by atoms with Crippen molar-refractivity contribution in [3.63, 3.8) is 0 Å². The molecule has 1 aromatic rings. The van der Waals surface area contributed by atoms with Crippen molar-refractivity contribution in [1.82, 2.24) is 15.6 Å². The quantitative estimate of drug-likeness (QED) is 0.434. The predicted molar refractivity (Wildman–Crippen MR) is 154 cm³/mol. The first kappa shape index (κ1) is 27.2. The molecule has 6 nitrogen and oxygen atoms in total. The lowest BCUT2D eigenvalue weighted by atomic mass is 9.82. The van der Waals surface area contributed by atoms with Crippen molar-refractivity contribution in [2.24, 2.45) is 17.8 Å². The number of allylic oxidation sites excluding steroid dienone is 3. The maximum atomic E-state index is 13.6. The predicted octanol–water partition coefficient (Wildman–Crippen LogP) is 6.17. The molecule has 3 N–H and O–H groups in total. The first-order chi connectivity index (χ1) is 18.0. The highest BCUT2D eigenvalue weighted by atomic mass is 32.2. The van der Waals surface area contributed by atoms with Crippen molar-refractivity contribution in [2.75, 3.05) is 18.4 Å². The molecule has 0 saturated carbocycles. The van der Waals surface area contributed by atoms with Crippen LogP contribution < -0.4 is 16.0 Å². The molecular formula is C30H40N4O2S. The second-order valence-corrected chi connectivity index (χ2v) is 11.3. The zero-order valence-electron chi connectivity index (χ0n) is 22.3. The molecule has 37 heavy (non-hydrogen) atoms. The first-order valence-corrected chi connectivity index (χ1v) is 14.6. The maximum absolute atomic E-state index is 13.6. The highest BCUT2D eigenvalue weighted by Crippen LogP contribution is 2.37. The fraction of sp³-hybridized carbons (Fsp3) is 0.500. The molecule has 2 amide bonds. The van der Waals surface area contributed by atoms with Crippen molar-refractivity contribution >= 4 is 34.3 Å². The molecule has 1 aromatic heterocycles. The van der Waals surface area contributed by atoms with Crippen molar-refractivity contribution < 1.29 is 9.59 Å². The SMILES string of the molecule is CCCC1CC=C2NC(=O)C3=CSC(=CCC3C)c3ccnc(c3)NCCCCNC(=O)C2=CCC1C. The third kappa shape index (κ3) is 7.16. The van der Waals surface area contributed by atoms with E-state index in [9.17, 15) is 9.59 Å². The molecular weight excluding hydrogens is 480 g/mol. The number of nitrogens with one attached hydrogen (secondary N) is 3. The number of carbonyl (C=O) groups excluding carboxylic acids is 2. The molecule has 0 spiro atoms. The fourth-order valence-corrected chi connectivity index (χ4v) is 6.18. The number of thioether (sulfide) groups is 1. The highest BCUT2D eigenvalue weighted by Gasteiger charge is 2.26. The van der Waals surface area contributed by atoms with Gasteiger partial charge in [0.15, 0.2) is 0 Å². The Morgan fingerprint density at radius 2 is 1.81 bits per heavy atom. The van der Waals surface area contributed by atoms with E-state index in [2.05, 4.69) is 59.9 Å². The molecule has 0 aromatic carbocycles.